The molecule has 5 aromatic rings. The van der Waals surface area contributed by atoms with Crippen LogP contribution in [0, 0.1) is 13.8 Å². The molecule has 0 aliphatic heterocycles. The molecule has 2 aromatic carbocycles. The van der Waals surface area contributed by atoms with Gasteiger partial charge in [0.15, 0.2) is 0 Å². The van der Waals surface area contributed by atoms with E-state index >= 15 is 0 Å². The average Bonchev–Trinajstić information content (AvgIpc) is 3.13. The first-order valence-electron chi connectivity index (χ1n) is 7.99. The molecule has 0 N–H and O–H groups in total. The highest BCUT2D eigenvalue weighted by molar-refractivity contribution is 7.20. The maximum atomic E-state index is 6.26. The van der Waals surface area contributed by atoms with Crippen molar-refractivity contribution in [3.8, 4) is 11.3 Å². The van der Waals surface area contributed by atoms with E-state index in [-0.39, 0.29) is 0 Å². The van der Waals surface area contributed by atoms with Crippen molar-refractivity contribution in [1.82, 2.24) is 4.98 Å². The molecule has 5 rings (SSSR count). The molecule has 0 aliphatic carbocycles. The van der Waals surface area contributed by atoms with Gasteiger partial charge >= 0.3 is 0 Å². The Hall–Kier alpha value is -2.65. The third kappa shape index (κ3) is 1.79. The van der Waals surface area contributed by atoms with Crippen molar-refractivity contribution in [2.24, 2.45) is 0 Å². The third-order valence-electron chi connectivity index (χ3n) is 4.74. The van der Waals surface area contributed by atoms with Crippen LogP contribution in [0.2, 0.25) is 0 Å². The zero-order valence-electron chi connectivity index (χ0n) is 13.5. The van der Waals surface area contributed by atoms with Crippen LogP contribution in [0.25, 0.3) is 43.3 Å². The Morgan fingerprint density at radius 2 is 1.83 bits per heavy atom. The van der Waals surface area contributed by atoms with E-state index in [4.69, 9.17) is 4.42 Å². The van der Waals surface area contributed by atoms with Crippen LogP contribution in [0.4, 0.5) is 0 Å². The molecule has 0 saturated carbocycles. The number of nitrogens with zero attached hydrogens (tertiary/aromatic N) is 1. The zero-order valence-corrected chi connectivity index (χ0v) is 14.3. The monoisotopic (exact) mass is 329 g/mol. The number of fused-ring (bicyclic) bond motifs is 5. The van der Waals surface area contributed by atoms with Gasteiger partial charge in [-0.05, 0) is 55.1 Å². The first-order valence-corrected chi connectivity index (χ1v) is 8.81. The van der Waals surface area contributed by atoms with Gasteiger partial charge in [0, 0.05) is 32.1 Å². The molecule has 3 aromatic heterocycles. The zero-order chi connectivity index (χ0) is 16.3. The van der Waals surface area contributed by atoms with Crippen molar-refractivity contribution in [2.45, 2.75) is 13.8 Å². The summed E-state index contributed by atoms with van der Waals surface area (Å²) in [6, 6.07) is 16.6. The maximum Gasteiger partial charge on any atom is 0.144 e. The number of para-hydroxylation sites is 1. The maximum absolute atomic E-state index is 6.26. The summed E-state index contributed by atoms with van der Waals surface area (Å²) >= 11 is 1.85. The Morgan fingerprint density at radius 1 is 0.917 bits per heavy atom. The lowest BCUT2D eigenvalue weighted by molar-refractivity contribution is 0.670. The Balaban J connectivity index is 1.96. The molecule has 3 heteroatoms. The summed E-state index contributed by atoms with van der Waals surface area (Å²) in [5.74, 6) is 0. The molecular formula is C21H15NOS. The van der Waals surface area contributed by atoms with Crippen molar-refractivity contribution in [3.63, 3.8) is 0 Å². The van der Waals surface area contributed by atoms with E-state index in [1.807, 2.05) is 35.7 Å². The first kappa shape index (κ1) is 13.8. The largest absolute Gasteiger partial charge is 0.455 e. The normalized spacial score (nSPS) is 11.8. The molecule has 2 nitrogen and oxygen atoms in total. The van der Waals surface area contributed by atoms with Crippen LogP contribution in [0.15, 0.2) is 59.1 Å². The Kier molecular flexibility index (Phi) is 2.82. The van der Waals surface area contributed by atoms with Gasteiger partial charge in [0.2, 0.25) is 0 Å². The van der Waals surface area contributed by atoms with Gasteiger partial charge in [0.05, 0.1) is 5.69 Å². The van der Waals surface area contributed by atoms with E-state index in [0.29, 0.717) is 0 Å². The van der Waals surface area contributed by atoms with Gasteiger partial charge in [-0.1, -0.05) is 18.2 Å². The standard InChI is InChI=1S/C21H15NOS/c1-12-13(2)24-21-14(12)9-10-18-19(21)16-7-5-6-15(20(16)23-18)17-8-3-4-11-22-17/h3-11H,1-2H3. The van der Waals surface area contributed by atoms with Crippen LogP contribution < -0.4 is 0 Å². The number of thiophene rings is 1. The minimum Gasteiger partial charge on any atom is -0.455 e. The summed E-state index contributed by atoms with van der Waals surface area (Å²) in [6.45, 7) is 4.38. The fraction of sp³-hybridized carbons (Fsp3) is 0.0952. The van der Waals surface area contributed by atoms with Crippen LogP contribution in [-0.2, 0) is 0 Å². The predicted molar refractivity (Wildman–Crippen MR) is 102 cm³/mol. The molecule has 0 unspecified atom stereocenters. The summed E-state index contributed by atoms with van der Waals surface area (Å²) < 4.78 is 7.58. The summed E-state index contributed by atoms with van der Waals surface area (Å²) in [5, 5.41) is 3.72. The topological polar surface area (TPSA) is 26.0 Å². The molecule has 0 atom stereocenters. The van der Waals surface area contributed by atoms with E-state index in [1.165, 1.54) is 31.3 Å². The molecule has 0 radical (unpaired) electrons. The fourth-order valence-electron chi connectivity index (χ4n) is 3.40. The summed E-state index contributed by atoms with van der Waals surface area (Å²) in [6.07, 6.45) is 1.82. The van der Waals surface area contributed by atoms with Crippen LogP contribution in [0.1, 0.15) is 10.4 Å². The van der Waals surface area contributed by atoms with Crippen molar-refractivity contribution >= 4 is 43.4 Å². The minimum absolute atomic E-state index is 0.919. The molecule has 0 amide bonds. The molecule has 24 heavy (non-hydrogen) atoms. The van der Waals surface area contributed by atoms with Gasteiger partial charge in [-0.2, -0.15) is 0 Å². The van der Waals surface area contributed by atoms with Crippen LogP contribution >= 0.6 is 11.3 Å². The Bertz CT molecular complexity index is 1210. The van der Waals surface area contributed by atoms with E-state index in [9.17, 15) is 0 Å². The average molecular weight is 329 g/mol. The summed E-state index contributed by atoms with van der Waals surface area (Å²) in [5.41, 5.74) is 5.22. The quantitative estimate of drug-likeness (QED) is 0.352. The van der Waals surface area contributed by atoms with Crippen molar-refractivity contribution < 1.29 is 4.42 Å². The van der Waals surface area contributed by atoms with Gasteiger partial charge in [-0.25, -0.2) is 0 Å². The second kappa shape index (κ2) is 4.92. The van der Waals surface area contributed by atoms with Crippen molar-refractivity contribution in [2.75, 3.05) is 0 Å². The summed E-state index contributed by atoms with van der Waals surface area (Å²) in [4.78, 5) is 5.86. The van der Waals surface area contributed by atoms with Gasteiger partial charge in [-0.15, -0.1) is 11.3 Å². The van der Waals surface area contributed by atoms with Gasteiger partial charge in [0.1, 0.15) is 11.2 Å². The molecule has 0 fully saturated rings. The number of hydrogen-bond donors (Lipinski definition) is 0. The van der Waals surface area contributed by atoms with Gasteiger partial charge in [-0.3, -0.25) is 4.98 Å². The third-order valence-corrected chi connectivity index (χ3v) is 5.98. The second-order valence-corrected chi connectivity index (χ2v) is 7.32. The number of hydrogen-bond acceptors (Lipinski definition) is 3. The first-order chi connectivity index (χ1) is 11.7. The molecule has 0 aliphatic rings. The highest BCUT2D eigenvalue weighted by Crippen LogP contribution is 2.42. The number of furan rings is 1. The molecule has 116 valence electrons. The SMILES string of the molecule is Cc1sc2c(ccc3oc4c(-c5ccccn5)cccc4c32)c1C. The van der Waals surface area contributed by atoms with Crippen molar-refractivity contribution in [3.05, 3.63) is 65.2 Å². The van der Waals surface area contributed by atoms with Crippen LogP contribution in [0.3, 0.4) is 0 Å². The number of rotatable bonds is 1. The number of aryl methyl sites for hydroxylation is 2. The Morgan fingerprint density at radius 3 is 2.67 bits per heavy atom. The van der Waals surface area contributed by atoms with E-state index in [2.05, 4.69) is 49.2 Å². The highest BCUT2D eigenvalue weighted by Gasteiger charge is 2.17. The molecule has 0 spiro atoms. The predicted octanol–water partition coefficient (Wildman–Crippen LogP) is 6.48. The van der Waals surface area contributed by atoms with E-state index < -0.39 is 0 Å². The van der Waals surface area contributed by atoms with Gasteiger partial charge in [0.25, 0.3) is 0 Å². The smallest absolute Gasteiger partial charge is 0.144 e. The second-order valence-electron chi connectivity index (χ2n) is 6.10. The lowest BCUT2D eigenvalue weighted by Gasteiger charge is -2.00. The lowest BCUT2D eigenvalue weighted by atomic mass is 10.0. The van der Waals surface area contributed by atoms with E-state index in [1.54, 1.807) is 0 Å². The molecule has 0 saturated heterocycles. The molecular weight excluding hydrogens is 314 g/mol. The van der Waals surface area contributed by atoms with Gasteiger partial charge < -0.3 is 4.42 Å². The van der Waals surface area contributed by atoms with Crippen molar-refractivity contribution in [1.29, 1.82) is 0 Å². The number of aromatic nitrogens is 1. The van der Waals surface area contributed by atoms with Crippen LogP contribution in [-0.4, -0.2) is 4.98 Å². The Labute approximate surface area is 143 Å². The van der Waals surface area contributed by atoms with E-state index in [0.717, 1.165) is 22.4 Å². The number of pyridine rings is 1. The fourth-order valence-corrected chi connectivity index (χ4v) is 4.62. The lowest BCUT2D eigenvalue weighted by Crippen LogP contribution is -1.81. The minimum atomic E-state index is 0.919. The highest BCUT2D eigenvalue weighted by atomic mass is 32.1. The number of benzene rings is 2. The molecule has 0 bridgehead atoms. The molecule has 3 heterocycles. The van der Waals surface area contributed by atoms with Crippen LogP contribution in [0.5, 0.6) is 0 Å². The summed E-state index contributed by atoms with van der Waals surface area (Å²) in [7, 11) is 0.